The summed E-state index contributed by atoms with van der Waals surface area (Å²) in [6.45, 7) is 2.23. The maximum absolute atomic E-state index is 12.3. The zero-order chi connectivity index (χ0) is 13.9. The molecule has 2 nitrogen and oxygen atoms in total. The number of Topliss-reactive ketones (excluding diaryl/α,β-unsaturated/α-hetero) is 1. The number of hydrogen-bond acceptors (Lipinski definition) is 2. The Morgan fingerprint density at radius 3 is 2.85 bits per heavy atom. The Balaban J connectivity index is 1.74. The van der Waals surface area contributed by atoms with Crippen LogP contribution in [-0.4, -0.2) is 17.0 Å². The summed E-state index contributed by atoms with van der Waals surface area (Å²) >= 11 is 0. The zero-order valence-corrected chi connectivity index (χ0v) is 12.3. The van der Waals surface area contributed by atoms with Crippen LogP contribution in [0, 0.1) is 17.3 Å². The molecule has 2 heteroatoms. The Bertz CT molecular complexity index is 528. The van der Waals surface area contributed by atoms with Crippen LogP contribution in [0.4, 0.5) is 0 Å². The maximum Gasteiger partial charge on any atom is 0.139 e. The average molecular weight is 272 g/mol. The second-order valence-electron chi connectivity index (χ2n) is 7.43. The van der Waals surface area contributed by atoms with Crippen LogP contribution in [0.3, 0.4) is 0 Å². The van der Waals surface area contributed by atoms with Gasteiger partial charge in [0.25, 0.3) is 0 Å². The van der Waals surface area contributed by atoms with Gasteiger partial charge in [0.05, 0.1) is 6.10 Å². The van der Waals surface area contributed by atoms with E-state index in [0.717, 1.165) is 44.9 Å². The van der Waals surface area contributed by atoms with E-state index in [0.29, 0.717) is 17.6 Å². The van der Waals surface area contributed by atoms with Crippen molar-refractivity contribution >= 4 is 5.78 Å². The van der Waals surface area contributed by atoms with E-state index in [1.165, 1.54) is 12.0 Å². The van der Waals surface area contributed by atoms with Crippen molar-refractivity contribution in [1.29, 1.82) is 0 Å². The minimum absolute atomic E-state index is 0.0237. The Labute approximate surface area is 120 Å². The maximum atomic E-state index is 12.3. The number of aliphatic hydroxyl groups excluding tert-OH is 1. The first-order valence-corrected chi connectivity index (χ1v) is 8.24. The normalized spacial score (nSPS) is 43.8. The molecule has 2 fully saturated rings. The number of carbonyl (C=O) groups is 1. The Hall–Kier alpha value is -0.890. The van der Waals surface area contributed by atoms with Gasteiger partial charge < -0.3 is 5.11 Å². The topological polar surface area (TPSA) is 37.3 Å². The number of carbonyl (C=O) groups excluding carboxylic acids is 1. The van der Waals surface area contributed by atoms with Gasteiger partial charge in [-0.25, -0.2) is 0 Å². The fourth-order valence-corrected chi connectivity index (χ4v) is 5.42. The summed E-state index contributed by atoms with van der Waals surface area (Å²) in [5.74, 6) is 1.77. The first-order valence-electron chi connectivity index (χ1n) is 8.24. The summed E-state index contributed by atoms with van der Waals surface area (Å²) in [5, 5.41) is 9.83. The van der Waals surface area contributed by atoms with E-state index in [-0.39, 0.29) is 11.5 Å². The van der Waals surface area contributed by atoms with E-state index in [4.69, 9.17) is 0 Å². The highest BCUT2D eigenvalue weighted by Gasteiger charge is 2.53. The lowest BCUT2D eigenvalue weighted by atomic mass is 9.57. The second kappa shape index (κ2) is 4.30. The van der Waals surface area contributed by atoms with Crippen molar-refractivity contribution in [1.82, 2.24) is 0 Å². The van der Waals surface area contributed by atoms with Gasteiger partial charge in [-0.05, 0) is 67.9 Å². The molecule has 4 aliphatic carbocycles. The summed E-state index contributed by atoms with van der Waals surface area (Å²) in [6, 6.07) is 0. The van der Waals surface area contributed by atoms with E-state index in [1.54, 1.807) is 11.1 Å². The van der Waals surface area contributed by atoms with Crippen LogP contribution < -0.4 is 0 Å². The average Bonchev–Trinajstić information content (AvgIpc) is 2.74. The molecule has 0 heterocycles. The molecule has 0 aromatic carbocycles. The fourth-order valence-electron chi connectivity index (χ4n) is 5.42. The fraction of sp³-hybridized carbons (Fsp3) is 0.722. The number of allylic oxidation sites excluding steroid dienone is 3. The minimum Gasteiger partial charge on any atom is -0.389 e. The molecule has 0 amide bonds. The molecule has 0 aliphatic heterocycles. The van der Waals surface area contributed by atoms with E-state index in [9.17, 15) is 9.90 Å². The third-order valence-electron chi connectivity index (χ3n) is 6.57. The first kappa shape index (κ1) is 12.8. The molecule has 0 saturated heterocycles. The standard InChI is InChI=1S/C18H24O2/c1-18-9-8-14-13-5-3-12(19)10-11(13)2-4-15(14)16(18)6-7-17(18)20/h10,12,15-16,19H,2-9H2,1H3/t12-,15+,16-,18-/m0/s1. The molecule has 1 N–H and O–H groups in total. The number of rotatable bonds is 0. The summed E-state index contributed by atoms with van der Waals surface area (Å²) in [7, 11) is 0. The van der Waals surface area contributed by atoms with Crippen LogP contribution in [0.1, 0.15) is 58.3 Å². The molecule has 4 aliphatic rings. The molecule has 0 aromatic heterocycles. The largest absolute Gasteiger partial charge is 0.389 e. The summed E-state index contributed by atoms with van der Waals surface area (Å²) in [5.41, 5.74) is 4.62. The molecule has 4 atom stereocenters. The smallest absolute Gasteiger partial charge is 0.139 e. The molecular formula is C18H24O2. The predicted molar refractivity (Wildman–Crippen MR) is 78.1 cm³/mol. The van der Waals surface area contributed by atoms with E-state index in [1.807, 2.05) is 0 Å². The number of aliphatic hydroxyl groups is 1. The molecule has 4 rings (SSSR count). The van der Waals surface area contributed by atoms with Gasteiger partial charge in [-0.1, -0.05) is 18.6 Å². The molecule has 0 spiro atoms. The lowest BCUT2D eigenvalue weighted by Gasteiger charge is -2.46. The highest BCUT2D eigenvalue weighted by atomic mass is 16.3. The van der Waals surface area contributed by atoms with Gasteiger partial charge in [0.2, 0.25) is 0 Å². The molecule has 2 saturated carbocycles. The minimum atomic E-state index is -0.229. The van der Waals surface area contributed by atoms with Crippen molar-refractivity contribution in [3.8, 4) is 0 Å². The third kappa shape index (κ3) is 1.64. The summed E-state index contributed by atoms with van der Waals surface area (Å²) in [6.07, 6.45) is 10.2. The SMILES string of the molecule is C[C@]12CCC3=C4CC[C@H](O)C=C4CC[C@H]3[C@@H]1CCC2=O. The molecule has 20 heavy (non-hydrogen) atoms. The third-order valence-corrected chi connectivity index (χ3v) is 6.57. The van der Waals surface area contributed by atoms with Crippen molar-refractivity contribution in [2.24, 2.45) is 17.3 Å². The van der Waals surface area contributed by atoms with Crippen molar-refractivity contribution in [3.05, 3.63) is 22.8 Å². The first-order chi connectivity index (χ1) is 9.59. The van der Waals surface area contributed by atoms with Gasteiger partial charge in [-0.15, -0.1) is 0 Å². The molecular weight excluding hydrogens is 248 g/mol. The van der Waals surface area contributed by atoms with Crippen molar-refractivity contribution in [3.63, 3.8) is 0 Å². The van der Waals surface area contributed by atoms with Gasteiger partial charge in [0.1, 0.15) is 5.78 Å². The number of hydrogen-bond donors (Lipinski definition) is 1. The lowest BCUT2D eigenvalue weighted by Crippen LogP contribution is -2.40. The highest BCUT2D eigenvalue weighted by molar-refractivity contribution is 5.87. The number of fused-ring (bicyclic) bond motifs is 4. The van der Waals surface area contributed by atoms with Crippen molar-refractivity contribution in [2.45, 2.75) is 64.4 Å². The molecule has 0 aromatic rings. The van der Waals surface area contributed by atoms with Gasteiger partial charge >= 0.3 is 0 Å². The van der Waals surface area contributed by atoms with Crippen LogP contribution in [0.2, 0.25) is 0 Å². The molecule has 108 valence electrons. The van der Waals surface area contributed by atoms with Crippen LogP contribution >= 0.6 is 0 Å². The molecule has 0 unspecified atom stereocenters. The van der Waals surface area contributed by atoms with Crippen molar-refractivity contribution in [2.75, 3.05) is 0 Å². The summed E-state index contributed by atoms with van der Waals surface area (Å²) < 4.78 is 0. The van der Waals surface area contributed by atoms with Crippen LogP contribution in [0.5, 0.6) is 0 Å². The highest BCUT2D eigenvalue weighted by Crippen LogP contribution is 2.58. The Kier molecular flexibility index (Phi) is 2.76. The monoisotopic (exact) mass is 272 g/mol. The van der Waals surface area contributed by atoms with Gasteiger partial charge in [-0.3, -0.25) is 4.79 Å². The number of ketones is 1. The predicted octanol–water partition coefficient (Wildman–Crippen LogP) is 3.55. The summed E-state index contributed by atoms with van der Waals surface area (Å²) in [4.78, 5) is 12.3. The van der Waals surface area contributed by atoms with Gasteiger partial charge in [0.15, 0.2) is 0 Å². The Morgan fingerprint density at radius 2 is 2.00 bits per heavy atom. The second-order valence-corrected chi connectivity index (χ2v) is 7.43. The Morgan fingerprint density at radius 1 is 1.15 bits per heavy atom. The molecule has 0 bridgehead atoms. The van der Waals surface area contributed by atoms with Crippen LogP contribution in [-0.2, 0) is 4.79 Å². The molecule has 0 radical (unpaired) electrons. The van der Waals surface area contributed by atoms with E-state index >= 15 is 0 Å². The van der Waals surface area contributed by atoms with E-state index in [2.05, 4.69) is 13.0 Å². The quantitative estimate of drug-likeness (QED) is 0.732. The lowest BCUT2D eigenvalue weighted by molar-refractivity contribution is -0.128. The van der Waals surface area contributed by atoms with Crippen molar-refractivity contribution < 1.29 is 9.90 Å². The van der Waals surface area contributed by atoms with Gasteiger partial charge in [0, 0.05) is 11.8 Å². The van der Waals surface area contributed by atoms with Crippen LogP contribution in [0.25, 0.3) is 0 Å². The van der Waals surface area contributed by atoms with Crippen LogP contribution in [0.15, 0.2) is 22.8 Å². The zero-order valence-electron chi connectivity index (χ0n) is 12.3. The van der Waals surface area contributed by atoms with Gasteiger partial charge in [-0.2, -0.15) is 0 Å². The van der Waals surface area contributed by atoms with E-state index < -0.39 is 0 Å².